The first-order chi connectivity index (χ1) is 10.5. The van der Waals surface area contributed by atoms with Crippen molar-refractivity contribution in [3.63, 3.8) is 0 Å². The van der Waals surface area contributed by atoms with Crippen LogP contribution in [0.5, 0.6) is 5.75 Å². The largest absolute Gasteiger partial charge is 0.481 e. The molecule has 0 aliphatic rings. The van der Waals surface area contributed by atoms with Crippen LogP contribution in [0.3, 0.4) is 0 Å². The van der Waals surface area contributed by atoms with Crippen molar-refractivity contribution in [1.29, 1.82) is 0 Å². The second-order valence-electron chi connectivity index (χ2n) is 4.83. The second kappa shape index (κ2) is 7.26. The number of benzene rings is 2. The number of amides is 1. The van der Waals surface area contributed by atoms with Crippen molar-refractivity contribution in [3.8, 4) is 5.75 Å². The molecule has 2 rings (SSSR count). The molecule has 0 spiro atoms. The molecule has 0 saturated carbocycles. The van der Waals surface area contributed by atoms with E-state index in [1.54, 1.807) is 43.3 Å². The van der Waals surface area contributed by atoms with Gasteiger partial charge in [0, 0.05) is 5.69 Å². The summed E-state index contributed by atoms with van der Waals surface area (Å²) in [6, 6.07) is 15.8. The molecule has 1 amide bonds. The molecule has 0 aliphatic heterocycles. The number of carbonyl (C=O) groups excluding carboxylic acids is 1. The Morgan fingerprint density at radius 1 is 1.09 bits per heavy atom. The van der Waals surface area contributed by atoms with E-state index >= 15 is 0 Å². The Morgan fingerprint density at radius 2 is 1.73 bits per heavy atom. The fourth-order valence-corrected chi connectivity index (χ4v) is 1.88. The minimum Gasteiger partial charge on any atom is -0.481 e. The van der Waals surface area contributed by atoms with Gasteiger partial charge in [-0.2, -0.15) is 0 Å². The van der Waals surface area contributed by atoms with Crippen molar-refractivity contribution in [2.24, 2.45) is 0 Å². The molecule has 5 heteroatoms. The van der Waals surface area contributed by atoms with Gasteiger partial charge in [-0.25, -0.2) is 0 Å². The lowest BCUT2D eigenvalue weighted by Gasteiger charge is -2.14. The number of hydrogen-bond acceptors (Lipinski definition) is 3. The molecule has 1 atom stereocenters. The van der Waals surface area contributed by atoms with Crippen molar-refractivity contribution in [1.82, 2.24) is 0 Å². The van der Waals surface area contributed by atoms with Crippen molar-refractivity contribution in [3.05, 3.63) is 60.2 Å². The zero-order valence-electron chi connectivity index (χ0n) is 12.2. The van der Waals surface area contributed by atoms with Crippen molar-refractivity contribution in [2.75, 3.05) is 5.32 Å². The topological polar surface area (TPSA) is 75.6 Å². The average molecular weight is 299 g/mol. The van der Waals surface area contributed by atoms with Crippen LogP contribution in [0.1, 0.15) is 12.5 Å². The molecule has 114 valence electrons. The van der Waals surface area contributed by atoms with Crippen LogP contribution >= 0.6 is 0 Å². The number of rotatable bonds is 6. The lowest BCUT2D eigenvalue weighted by Crippen LogP contribution is -2.30. The van der Waals surface area contributed by atoms with E-state index in [2.05, 4.69) is 5.32 Å². The molecule has 2 aromatic rings. The standard InChI is InChI=1S/C17H17NO4/c1-12(22-15-5-3-2-4-6-15)17(21)18-14-9-7-13(8-10-14)11-16(19)20/h2-10,12H,11H2,1H3,(H,18,21)(H,19,20). The Hall–Kier alpha value is -2.82. The predicted octanol–water partition coefficient (Wildman–Crippen LogP) is 2.72. The van der Waals surface area contributed by atoms with E-state index in [0.29, 0.717) is 17.0 Å². The van der Waals surface area contributed by atoms with Gasteiger partial charge in [-0.1, -0.05) is 30.3 Å². The van der Waals surface area contributed by atoms with Crippen LogP contribution in [-0.2, 0) is 16.0 Å². The SMILES string of the molecule is CC(Oc1ccccc1)C(=O)Nc1ccc(CC(=O)O)cc1. The van der Waals surface area contributed by atoms with Gasteiger partial charge in [0.2, 0.25) is 0 Å². The van der Waals surface area contributed by atoms with Crippen molar-refractivity contribution in [2.45, 2.75) is 19.4 Å². The van der Waals surface area contributed by atoms with Crippen LogP contribution in [0, 0.1) is 0 Å². The quantitative estimate of drug-likeness (QED) is 0.860. The second-order valence-corrected chi connectivity index (χ2v) is 4.83. The Morgan fingerprint density at radius 3 is 2.32 bits per heavy atom. The highest BCUT2D eigenvalue weighted by Gasteiger charge is 2.14. The molecule has 0 fully saturated rings. The Balaban J connectivity index is 1.92. The molecular formula is C17H17NO4. The molecule has 0 saturated heterocycles. The van der Waals surface area contributed by atoms with Crippen LogP contribution < -0.4 is 10.1 Å². The number of carboxylic acids is 1. The fourth-order valence-electron chi connectivity index (χ4n) is 1.88. The number of hydrogen-bond donors (Lipinski definition) is 2. The van der Waals surface area contributed by atoms with Gasteiger partial charge in [-0.15, -0.1) is 0 Å². The molecule has 22 heavy (non-hydrogen) atoms. The third-order valence-electron chi connectivity index (χ3n) is 3.00. The summed E-state index contributed by atoms with van der Waals surface area (Å²) in [5, 5.41) is 11.4. The molecule has 0 bridgehead atoms. The first-order valence-corrected chi connectivity index (χ1v) is 6.88. The highest BCUT2D eigenvalue weighted by Crippen LogP contribution is 2.14. The van der Waals surface area contributed by atoms with E-state index in [9.17, 15) is 9.59 Å². The zero-order chi connectivity index (χ0) is 15.9. The van der Waals surface area contributed by atoms with Crippen LogP contribution in [0.4, 0.5) is 5.69 Å². The lowest BCUT2D eigenvalue weighted by atomic mass is 10.1. The third kappa shape index (κ3) is 4.63. The minimum absolute atomic E-state index is 0.0399. The summed E-state index contributed by atoms with van der Waals surface area (Å²) in [5.41, 5.74) is 1.28. The number of para-hydroxylation sites is 1. The van der Waals surface area contributed by atoms with Crippen LogP contribution in [0.2, 0.25) is 0 Å². The highest BCUT2D eigenvalue weighted by molar-refractivity contribution is 5.94. The van der Waals surface area contributed by atoms with E-state index in [-0.39, 0.29) is 12.3 Å². The summed E-state index contributed by atoms with van der Waals surface area (Å²) in [7, 11) is 0. The summed E-state index contributed by atoms with van der Waals surface area (Å²) in [6.45, 7) is 1.67. The monoisotopic (exact) mass is 299 g/mol. The van der Waals surface area contributed by atoms with Gasteiger partial charge in [0.1, 0.15) is 5.75 Å². The molecule has 0 aromatic heterocycles. The van der Waals surface area contributed by atoms with E-state index in [1.165, 1.54) is 0 Å². The molecule has 0 aliphatic carbocycles. The summed E-state index contributed by atoms with van der Waals surface area (Å²) in [6.07, 6.45) is -0.678. The molecule has 2 N–H and O–H groups in total. The van der Waals surface area contributed by atoms with E-state index in [4.69, 9.17) is 9.84 Å². The Kier molecular flexibility index (Phi) is 5.14. The molecule has 0 radical (unpaired) electrons. The maximum absolute atomic E-state index is 12.0. The van der Waals surface area contributed by atoms with Crippen LogP contribution in [0.15, 0.2) is 54.6 Å². The zero-order valence-corrected chi connectivity index (χ0v) is 12.2. The Labute approximate surface area is 128 Å². The first-order valence-electron chi connectivity index (χ1n) is 6.88. The molecule has 1 unspecified atom stereocenters. The predicted molar refractivity (Wildman–Crippen MR) is 82.9 cm³/mol. The number of carbonyl (C=O) groups is 2. The summed E-state index contributed by atoms with van der Waals surface area (Å²) >= 11 is 0. The smallest absolute Gasteiger partial charge is 0.307 e. The van der Waals surface area contributed by atoms with Gasteiger partial charge < -0.3 is 15.2 Å². The minimum atomic E-state index is -0.887. The van der Waals surface area contributed by atoms with Gasteiger partial charge in [0.25, 0.3) is 5.91 Å². The molecule has 5 nitrogen and oxygen atoms in total. The summed E-state index contributed by atoms with van der Waals surface area (Å²) in [5.74, 6) is -0.529. The summed E-state index contributed by atoms with van der Waals surface area (Å²) < 4.78 is 5.53. The molecule has 2 aromatic carbocycles. The number of aliphatic carboxylic acids is 1. The molecule has 0 heterocycles. The number of nitrogens with one attached hydrogen (secondary N) is 1. The van der Waals surface area contributed by atoms with Crippen molar-refractivity contribution < 1.29 is 19.4 Å². The highest BCUT2D eigenvalue weighted by atomic mass is 16.5. The number of carboxylic acid groups (broad SMARTS) is 1. The number of anilines is 1. The van der Waals surface area contributed by atoms with Crippen LogP contribution in [-0.4, -0.2) is 23.1 Å². The maximum Gasteiger partial charge on any atom is 0.307 e. The van der Waals surface area contributed by atoms with Gasteiger partial charge >= 0.3 is 5.97 Å². The first kappa shape index (κ1) is 15.6. The maximum atomic E-state index is 12.0. The number of ether oxygens (including phenoxy) is 1. The van der Waals surface area contributed by atoms with E-state index in [1.807, 2.05) is 18.2 Å². The van der Waals surface area contributed by atoms with Gasteiger partial charge in [-0.3, -0.25) is 9.59 Å². The van der Waals surface area contributed by atoms with Gasteiger partial charge in [-0.05, 0) is 36.8 Å². The summed E-state index contributed by atoms with van der Waals surface area (Å²) in [4.78, 5) is 22.7. The third-order valence-corrected chi connectivity index (χ3v) is 3.00. The van der Waals surface area contributed by atoms with Crippen molar-refractivity contribution >= 4 is 17.6 Å². The normalized spacial score (nSPS) is 11.5. The van der Waals surface area contributed by atoms with Gasteiger partial charge in [0.05, 0.1) is 6.42 Å². The van der Waals surface area contributed by atoms with E-state index < -0.39 is 12.1 Å². The van der Waals surface area contributed by atoms with E-state index in [0.717, 1.165) is 0 Å². The van der Waals surface area contributed by atoms with Crippen LogP contribution in [0.25, 0.3) is 0 Å². The Bertz CT molecular complexity index is 637. The average Bonchev–Trinajstić information content (AvgIpc) is 2.49. The molecular weight excluding hydrogens is 282 g/mol. The van der Waals surface area contributed by atoms with Gasteiger partial charge in [0.15, 0.2) is 6.10 Å². The lowest BCUT2D eigenvalue weighted by molar-refractivity contribution is -0.136. The fraction of sp³-hybridized carbons (Fsp3) is 0.176.